The van der Waals surface area contributed by atoms with Crippen LogP contribution in [-0.4, -0.2) is 35.7 Å². The average molecular weight is 409 g/mol. The number of nitriles is 1. The molecule has 30 heavy (non-hydrogen) atoms. The van der Waals surface area contributed by atoms with Gasteiger partial charge in [0.15, 0.2) is 6.04 Å². The van der Waals surface area contributed by atoms with Gasteiger partial charge in [-0.3, -0.25) is 4.79 Å². The standard InChI is InChI=1S/C23H27N3O4/c1-23(2,3)30-22(28)26(19(15-24)17-12-8-9-13-20(17)29-4)21(27)18(25)14-16-10-6-5-7-11-16/h5-13,18-19H,14,25H2,1-4H3/t18-,19?/m0/s1. The average Bonchev–Trinajstić information content (AvgIpc) is 2.70. The van der Waals surface area contributed by atoms with Crippen molar-refractivity contribution in [1.29, 1.82) is 5.26 Å². The van der Waals surface area contributed by atoms with Crippen LogP contribution in [0.2, 0.25) is 0 Å². The van der Waals surface area contributed by atoms with Crippen molar-refractivity contribution in [2.45, 2.75) is 44.9 Å². The van der Waals surface area contributed by atoms with Gasteiger partial charge in [-0.05, 0) is 38.8 Å². The molecular formula is C23H27N3O4. The number of carbonyl (C=O) groups excluding carboxylic acids is 2. The highest BCUT2D eigenvalue weighted by Gasteiger charge is 2.38. The first-order valence-corrected chi connectivity index (χ1v) is 9.56. The molecule has 2 atom stereocenters. The summed E-state index contributed by atoms with van der Waals surface area (Å²) in [5, 5.41) is 9.89. The lowest BCUT2D eigenvalue weighted by molar-refractivity contribution is -0.133. The molecule has 0 aliphatic carbocycles. The molecule has 2 N–H and O–H groups in total. The predicted molar refractivity (Wildman–Crippen MR) is 113 cm³/mol. The summed E-state index contributed by atoms with van der Waals surface area (Å²) in [4.78, 5) is 27.0. The van der Waals surface area contributed by atoms with Gasteiger partial charge in [-0.25, -0.2) is 9.69 Å². The van der Waals surface area contributed by atoms with E-state index >= 15 is 0 Å². The molecule has 1 unspecified atom stereocenters. The highest BCUT2D eigenvalue weighted by atomic mass is 16.6. The molecule has 2 aromatic rings. The maximum Gasteiger partial charge on any atom is 0.418 e. The highest BCUT2D eigenvalue weighted by Crippen LogP contribution is 2.30. The van der Waals surface area contributed by atoms with E-state index in [4.69, 9.17) is 15.2 Å². The molecular weight excluding hydrogens is 382 g/mol. The van der Waals surface area contributed by atoms with E-state index in [0.717, 1.165) is 10.5 Å². The van der Waals surface area contributed by atoms with E-state index in [-0.39, 0.29) is 6.42 Å². The summed E-state index contributed by atoms with van der Waals surface area (Å²) in [6.45, 7) is 5.05. The van der Waals surface area contributed by atoms with Crippen LogP contribution in [0.4, 0.5) is 4.79 Å². The van der Waals surface area contributed by atoms with E-state index < -0.39 is 29.7 Å². The number of rotatable bonds is 6. The maximum absolute atomic E-state index is 13.3. The first kappa shape index (κ1) is 22.9. The largest absolute Gasteiger partial charge is 0.496 e. The summed E-state index contributed by atoms with van der Waals surface area (Å²) in [7, 11) is 1.45. The van der Waals surface area contributed by atoms with Crippen molar-refractivity contribution in [1.82, 2.24) is 4.90 Å². The van der Waals surface area contributed by atoms with Gasteiger partial charge in [-0.2, -0.15) is 5.26 Å². The van der Waals surface area contributed by atoms with E-state index in [1.54, 1.807) is 45.0 Å². The van der Waals surface area contributed by atoms with Gasteiger partial charge in [0, 0.05) is 5.56 Å². The zero-order chi connectivity index (χ0) is 22.3. The molecule has 2 amide bonds. The molecule has 2 aromatic carbocycles. The molecule has 158 valence electrons. The van der Waals surface area contributed by atoms with Crippen molar-refractivity contribution in [3.63, 3.8) is 0 Å². The topological polar surface area (TPSA) is 106 Å². The minimum absolute atomic E-state index is 0.211. The third-order valence-corrected chi connectivity index (χ3v) is 4.26. The lowest BCUT2D eigenvalue weighted by Gasteiger charge is -2.31. The first-order valence-electron chi connectivity index (χ1n) is 9.56. The number of nitrogens with zero attached hydrogens (tertiary/aromatic N) is 2. The number of benzene rings is 2. The molecule has 2 rings (SSSR count). The van der Waals surface area contributed by atoms with E-state index in [1.807, 2.05) is 36.4 Å². The van der Waals surface area contributed by atoms with Crippen molar-refractivity contribution in [2.75, 3.05) is 7.11 Å². The summed E-state index contributed by atoms with van der Waals surface area (Å²) in [5.74, 6) is -0.326. The summed E-state index contributed by atoms with van der Waals surface area (Å²) in [5.41, 5.74) is 6.50. The molecule has 0 saturated carbocycles. The van der Waals surface area contributed by atoms with Gasteiger partial charge in [0.05, 0.1) is 19.2 Å². The molecule has 0 bridgehead atoms. The number of hydrogen-bond acceptors (Lipinski definition) is 6. The van der Waals surface area contributed by atoms with Crippen molar-refractivity contribution in [2.24, 2.45) is 5.73 Å². The van der Waals surface area contributed by atoms with Crippen LogP contribution < -0.4 is 10.5 Å². The van der Waals surface area contributed by atoms with Gasteiger partial charge in [0.1, 0.15) is 11.4 Å². The Morgan fingerprint density at radius 2 is 1.70 bits per heavy atom. The van der Waals surface area contributed by atoms with E-state index in [9.17, 15) is 14.9 Å². The number of nitrogens with two attached hydrogens (primary N) is 1. The number of methoxy groups -OCH3 is 1. The van der Waals surface area contributed by atoms with Crippen molar-refractivity contribution >= 4 is 12.0 Å². The van der Waals surface area contributed by atoms with E-state index in [2.05, 4.69) is 0 Å². The van der Waals surface area contributed by atoms with Crippen LogP contribution in [0, 0.1) is 11.3 Å². The molecule has 0 aliphatic heterocycles. The Morgan fingerprint density at radius 3 is 2.27 bits per heavy atom. The zero-order valence-electron chi connectivity index (χ0n) is 17.7. The number of hydrogen-bond donors (Lipinski definition) is 1. The van der Waals surface area contributed by atoms with Crippen LogP contribution in [0.1, 0.15) is 37.9 Å². The maximum atomic E-state index is 13.3. The number of carbonyl (C=O) groups is 2. The van der Waals surface area contributed by atoms with Gasteiger partial charge in [0.2, 0.25) is 0 Å². The van der Waals surface area contributed by atoms with Gasteiger partial charge in [0.25, 0.3) is 5.91 Å². The Labute approximate surface area is 177 Å². The molecule has 0 aliphatic rings. The van der Waals surface area contributed by atoms with Crippen LogP contribution in [0.3, 0.4) is 0 Å². The molecule has 0 fully saturated rings. The molecule has 0 radical (unpaired) electrons. The van der Waals surface area contributed by atoms with Crippen molar-refractivity contribution < 1.29 is 19.1 Å². The third-order valence-electron chi connectivity index (χ3n) is 4.26. The summed E-state index contributed by atoms with van der Waals surface area (Å²) in [6, 6.07) is 15.7. The fraction of sp³-hybridized carbons (Fsp3) is 0.348. The Hall–Kier alpha value is -3.37. The predicted octanol–water partition coefficient (Wildman–Crippen LogP) is 3.59. The van der Waals surface area contributed by atoms with Crippen LogP contribution in [0.15, 0.2) is 54.6 Å². The quantitative estimate of drug-likeness (QED) is 0.781. The fourth-order valence-corrected chi connectivity index (χ4v) is 2.93. The normalized spacial score (nSPS) is 12.9. The molecule has 7 nitrogen and oxygen atoms in total. The second kappa shape index (κ2) is 9.90. The summed E-state index contributed by atoms with van der Waals surface area (Å²) < 4.78 is 10.7. The summed E-state index contributed by atoms with van der Waals surface area (Å²) >= 11 is 0. The minimum Gasteiger partial charge on any atom is -0.496 e. The van der Waals surface area contributed by atoms with Crippen LogP contribution in [0.25, 0.3) is 0 Å². The molecule has 0 aromatic heterocycles. The lowest BCUT2D eigenvalue weighted by Crippen LogP contribution is -2.50. The molecule has 0 spiro atoms. The third kappa shape index (κ3) is 5.82. The Bertz CT molecular complexity index is 916. The van der Waals surface area contributed by atoms with Crippen molar-refractivity contribution in [3.05, 3.63) is 65.7 Å². The SMILES string of the molecule is COc1ccccc1C(C#N)N(C(=O)OC(C)(C)C)C(=O)[C@@H](N)Cc1ccccc1. The fourth-order valence-electron chi connectivity index (χ4n) is 2.93. The number of imide groups is 1. The Kier molecular flexibility index (Phi) is 7.56. The second-order valence-corrected chi connectivity index (χ2v) is 7.76. The number of para-hydroxylation sites is 1. The highest BCUT2D eigenvalue weighted by molar-refractivity contribution is 5.96. The van der Waals surface area contributed by atoms with E-state index in [0.29, 0.717) is 11.3 Å². The van der Waals surface area contributed by atoms with E-state index in [1.165, 1.54) is 7.11 Å². The van der Waals surface area contributed by atoms with Gasteiger partial charge in [-0.1, -0.05) is 48.5 Å². The van der Waals surface area contributed by atoms with Crippen LogP contribution >= 0.6 is 0 Å². The van der Waals surface area contributed by atoms with Crippen LogP contribution in [-0.2, 0) is 16.0 Å². The first-order chi connectivity index (χ1) is 14.2. The monoisotopic (exact) mass is 409 g/mol. The van der Waals surface area contributed by atoms with Gasteiger partial charge < -0.3 is 15.2 Å². The summed E-state index contributed by atoms with van der Waals surface area (Å²) in [6.07, 6.45) is -0.725. The van der Waals surface area contributed by atoms with Gasteiger partial charge in [-0.15, -0.1) is 0 Å². The van der Waals surface area contributed by atoms with Gasteiger partial charge >= 0.3 is 6.09 Å². The van der Waals surface area contributed by atoms with Crippen molar-refractivity contribution in [3.8, 4) is 11.8 Å². The Morgan fingerprint density at radius 1 is 1.10 bits per heavy atom. The smallest absolute Gasteiger partial charge is 0.418 e. The zero-order valence-corrected chi connectivity index (χ0v) is 17.7. The molecule has 0 saturated heterocycles. The second-order valence-electron chi connectivity index (χ2n) is 7.76. The molecule has 7 heteroatoms. The lowest BCUT2D eigenvalue weighted by atomic mass is 10.0. The molecule has 0 heterocycles. The Balaban J connectivity index is 2.44. The minimum atomic E-state index is -1.26. The number of amides is 2. The van der Waals surface area contributed by atoms with Crippen LogP contribution in [0.5, 0.6) is 5.75 Å². The number of ether oxygens (including phenoxy) is 2.